The van der Waals surface area contributed by atoms with Crippen LogP contribution >= 0.6 is 11.6 Å². The van der Waals surface area contributed by atoms with E-state index in [1.807, 2.05) is 38.2 Å². The molecule has 110 valence electrons. The molecule has 1 aliphatic heterocycles. The van der Waals surface area contributed by atoms with E-state index in [4.69, 9.17) is 11.6 Å². The smallest absolute Gasteiger partial charge is 0.272 e. The molecule has 1 aromatic carbocycles. The summed E-state index contributed by atoms with van der Waals surface area (Å²) in [6.07, 6.45) is 0. The van der Waals surface area contributed by atoms with Crippen molar-refractivity contribution in [2.75, 3.05) is 0 Å². The maximum absolute atomic E-state index is 12.4. The third kappa shape index (κ3) is 2.66. The Kier molecular flexibility index (Phi) is 3.69. The Morgan fingerprint density at radius 1 is 1.48 bits per heavy atom. The summed E-state index contributed by atoms with van der Waals surface area (Å²) in [5.41, 5.74) is 3.61. The molecule has 2 heterocycles. The van der Waals surface area contributed by atoms with E-state index in [1.54, 1.807) is 4.68 Å². The molecule has 2 N–H and O–H groups in total. The number of hydrogen-bond donors (Lipinski definition) is 2. The number of aromatic nitrogens is 2. The number of halogens is 1. The number of fused-ring (bicyclic) bond motifs is 1. The minimum Gasteiger partial charge on any atom is -0.347 e. The second-order valence-electron chi connectivity index (χ2n) is 5.24. The van der Waals surface area contributed by atoms with Crippen LogP contribution in [0.2, 0.25) is 5.02 Å². The molecule has 5 nitrogen and oxygen atoms in total. The lowest BCUT2D eigenvalue weighted by molar-refractivity contribution is 0.0943. The standard InChI is InChI=1S/C15H17ClN4O/c1-9-13-12(8-17-9)20(2)19-14(13)15(21)18-7-10-3-5-11(16)6-4-10/h3-6,9,17H,7-8H2,1-2H3,(H,18,21)/t9-/m1/s1. The zero-order valence-corrected chi connectivity index (χ0v) is 12.7. The van der Waals surface area contributed by atoms with Gasteiger partial charge in [-0.25, -0.2) is 0 Å². The first-order chi connectivity index (χ1) is 10.1. The van der Waals surface area contributed by atoms with Crippen molar-refractivity contribution in [2.45, 2.75) is 26.1 Å². The molecule has 2 aromatic rings. The maximum atomic E-state index is 12.4. The fourth-order valence-electron chi connectivity index (χ4n) is 2.63. The van der Waals surface area contributed by atoms with Crippen LogP contribution in [-0.2, 0) is 20.1 Å². The highest BCUT2D eigenvalue weighted by atomic mass is 35.5. The van der Waals surface area contributed by atoms with E-state index in [-0.39, 0.29) is 11.9 Å². The van der Waals surface area contributed by atoms with Gasteiger partial charge in [0.05, 0.1) is 5.69 Å². The highest BCUT2D eigenvalue weighted by molar-refractivity contribution is 6.30. The molecule has 1 aliphatic rings. The van der Waals surface area contributed by atoms with E-state index in [9.17, 15) is 4.79 Å². The molecule has 0 saturated heterocycles. The molecule has 0 bridgehead atoms. The lowest BCUT2D eigenvalue weighted by Crippen LogP contribution is -2.25. The van der Waals surface area contributed by atoms with Gasteiger partial charge >= 0.3 is 0 Å². The molecule has 0 unspecified atom stereocenters. The summed E-state index contributed by atoms with van der Waals surface area (Å²) < 4.78 is 1.78. The predicted molar refractivity (Wildman–Crippen MR) is 81.1 cm³/mol. The van der Waals surface area contributed by atoms with Crippen LogP contribution in [0, 0.1) is 0 Å². The number of rotatable bonds is 3. The van der Waals surface area contributed by atoms with Crippen LogP contribution in [0.25, 0.3) is 0 Å². The number of carbonyl (C=O) groups is 1. The van der Waals surface area contributed by atoms with Gasteiger partial charge in [-0.2, -0.15) is 5.10 Å². The summed E-state index contributed by atoms with van der Waals surface area (Å²) in [7, 11) is 1.87. The van der Waals surface area contributed by atoms with Crippen LogP contribution in [0.15, 0.2) is 24.3 Å². The van der Waals surface area contributed by atoms with E-state index in [0.29, 0.717) is 17.3 Å². The zero-order chi connectivity index (χ0) is 15.0. The monoisotopic (exact) mass is 304 g/mol. The molecule has 0 fully saturated rings. The summed E-state index contributed by atoms with van der Waals surface area (Å²) in [6, 6.07) is 7.58. The third-order valence-electron chi connectivity index (χ3n) is 3.80. The van der Waals surface area contributed by atoms with Crippen molar-refractivity contribution in [1.82, 2.24) is 20.4 Å². The van der Waals surface area contributed by atoms with Gasteiger partial charge in [-0.15, -0.1) is 0 Å². The lowest BCUT2D eigenvalue weighted by Gasteiger charge is -2.07. The Labute approximate surface area is 128 Å². The van der Waals surface area contributed by atoms with Crippen molar-refractivity contribution in [1.29, 1.82) is 0 Å². The van der Waals surface area contributed by atoms with Crippen LogP contribution in [0.5, 0.6) is 0 Å². The number of amides is 1. The van der Waals surface area contributed by atoms with Crippen LogP contribution in [-0.4, -0.2) is 15.7 Å². The minimum absolute atomic E-state index is 0.141. The molecule has 1 atom stereocenters. The van der Waals surface area contributed by atoms with Gasteiger partial charge in [0.15, 0.2) is 5.69 Å². The Balaban J connectivity index is 1.74. The number of nitrogens with zero attached hydrogens (tertiary/aromatic N) is 2. The summed E-state index contributed by atoms with van der Waals surface area (Å²) >= 11 is 5.85. The first-order valence-corrected chi connectivity index (χ1v) is 7.26. The molecular weight excluding hydrogens is 288 g/mol. The first-order valence-electron chi connectivity index (χ1n) is 6.88. The molecule has 6 heteroatoms. The number of hydrogen-bond acceptors (Lipinski definition) is 3. The van der Waals surface area contributed by atoms with Crippen LogP contribution in [0.4, 0.5) is 0 Å². The van der Waals surface area contributed by atoms with Gasteiger partial charge in [0, 0.05) is 36.8 Å². The molecule has 0 saturated carbocycles. The van der Waals surface area contributed by atoms with Crippen molar-refractivity contribution < 1.29 is 4.79 Å². The number of benzene rings is 1. The van der Waals surface area contributed by atoms with E-state index in [0.717, 1.165) is 23.4 Å². The second-order valence-corrected chi connectivity index (χ2v) is 5.68. The van der Waals surface area contributed by atoms with E-state index < -0.39 is 0 Å². The van der Waals surface area contributed by atoms with Gasteiger partial charge in [-0.1, -0.05) is 23.7 Å². The maximum Gasteiger partial charge on any atom is 0.272 e. The Morgan fingerprint density at radius 3 is 2.90 bits per heavy atom. The molecule has 3 rings (SSSR count). The molecular formula is C15H17ClN4O. The van der Waals surface area contributed by atoms with E-state index in [1.165, 1.54) is 0 Å². The summed E-state index contributed by atoms with van der Waals surface area (Å²) in [4.78, 5) is 12.4. The third-order valence-corrected chi connectivity index (χ3v) is 4.05. The molecule has 21 heavy (non-hydrogen) atoms. The zero-order valence-electron chi connectivity index (χ0n) is 12.0. The highest BCUT2D eigenvalue weighted by Gasteiger charge is 2.29. The fraction of sp³-hybridized carbons (Fsp3) is 0.333. The Bertz CT molecular complexity index is 678. The van der Waals surface area contributed by atoms with Crippen LogP contribution < -0.4 is 10.6 Å². The number of aryl methyl sites for hydroxylation is 1. The van der Waals surface area contributed by atoms with Gasteiger partial charge in [0.1, 0.15) is 0 Å². The largest absolute Gasteiger partial charge is 0.347 e. The summed E-state index contributed by atoms with van der Waals surface area (Å²) in [5.74, 6) is -0.141. The summed E-state index contributed by atoms with van der Waals surface area (Å²) in [6.45, 7) is 3.26. The van der Waals surface area contributed by atoms with Crippen molar-refractivity contribution in [3.63, 3.8) is 0 Å². The van der Waals surface area contributed by atoms with Gasteiger partial charge in [0.2, 0.25) is 0 Å². The van der Waals surface area contributed by atoms with Gasteiger partial charge < -0.3 is 10.6 Å². The number of nitrogens with one attached hydrogen (secondary N) is 2. The van der Waals surface area contributed by atoms with Crippen molar-refractivity contribution in [3.8, 4) is 0 Å². The minimum atomic E-state index is -0.141. The van der Waals surface area contributed by atoms with E-state index in [2.05, 4.69) is 15.7 Å². The normalized spacial score (nSPS) is 16.8. The van der Waals surface area contributed by atoms with Gasteiger partial charge in [-0.05, 0) is 24.6 Å². The average molecular weight is 305 g/mol. The Morgan fingerprint density at radius 2 is 2.19 bits per heavy atom. The Hall–Kier alpha value is -1.85. The second kappa shape index (κ2) is 5.50. The highest BCUT2D eigenvalue weighted by Crippen LogP contribution is 2.27. The first kappa shape index (κ1) is 14.1. The van der Waals surface area contributed by atoms with Gasteiger partial charge in [-0.3, -0.25) is 9.48 Å². The summed E-state index contributed by atoms with van der Waals surface area (Å²) in [5, 5.41) is 11.3. The quantitative estimate of drug-likeness (QED) is 0.913. The molecule has 0 radical (unpaired) electrons. The molecule has 0 spiro atoms. The molecule has 1 aromatic heterocycles. The van der Waals surface area contributed by atoms with Crippen LogP contribution in [0.3, 0.4) is 0 Å². The van der Waals surface area contributed by atoms with Crippen molar-refractivity contribution in [3.05, 3.63) is 51.8 Å². The fourth-order valence-corrected chi connectivity index (χ4v) is 2.75. The van der Waals surface area contributed by atoms with Crippen LogP contribution in [0.1, 0.15) is 40.3 Å². The number of carbonyl (C=O) groups excluding carboxylic acids is 1. The molecule has 0 aliphatic carbocycles. The van der Waals surface area contributed by atoms with Crippen molar-refractivity contribution >= 4 is 17.5 Å². The predicted octanol–water partition coefficient (Wildman–Crippen LogP) is 2.17. The average Bonchev–Trinajstić information content (AvgIpc) is 3.00. The van der Waals surface area contributed by atoms with Gasteiger partial charge in [0.25, 0.3) is 5.91 Å². The topological polar surface area (TPSA) is 59.0 Å². The SMILES string of the molecule is C[C@H]1NCc2c1c(C(=O)NCc1ccc(Cl)cc1)nn2C. The lowest BCUT2D eigenvalue weighted by atomic mass is 10.1. The van der Waals surface area contributed by atoms with E-state index >= 15 is 0 Å². The van der Waals surface area contributed by atoms with Crippen molar-refractivity contribution in [2.24, 2.45) is 7.05 Å². The molecule has 1 amide bonds.